The molecule has 15 heavy (non-hydrogen) atoms. The number of isocyanates is 1. The maximum Gasteiger partial charge on any atom is 0.234 e. The van der Waals surface area contributed by atoms with Crippen LogP contribution in [-0.2, 0) is 4.79 Å². The molecule has 4 bridgehead atoms. The number of hydrogen-bond donors (Lipinski definition) is 0. The van der Waals surface area contributed by atoms with Crippen LogP contribution in [0.25, 0.3) is 0 Å². The van der Waals surface area contributed by atoms with E-state index in [0.717, 1.165) is 18.3 Å². The summed E-state index contributed by atoms with van der Waals surface area (Å²) in [7, 11) is 0. The maximum atomic E-state index is 10.3. The van der Waals surface area contributed by atoms with Crippen molar-refractivity contribution in [1.29, 1.82) is 0 Å². The smallest absolute Gasteiger partial charge is 0.211 e. The van der Waals surface area contributed by atoms with Crippen LogP contribution in [0.15, 0.2) is 4.99 Å². The Morgan fingerprint density at radius 1 is 1.27 bits per heavy atom. The van der Waals surface area contributed by atoms with Crippen molar-refractivity contribution in [2.24, 2.45) is 22.2 Å². The van der Waals surface area contributed by atoms with Crippen molar-refractivity contribution in [3.05, 3.63) is 0 Å². The van der Waals surface area contributed by atoms with Crippen LogP contribution >= 0.6 is 11.6 Å². The molecule has 82 valence electrons. The fraction of sp³-hybridized carbons (Fsp3) is 0.917. The van der Waals surface area contributed by atoms with E-state index >= 15 is 0 Å². The first-order valence-electron chi connectivity index (χ1n) is 5.86. The van der Waals surface area contributed by atoms with Crippen LogP contribution in [-0.4, -0.2) is 17.5 Å². The highest BCUT2D eigenvalue weighted by Gasteiger charge is 2.56. The van der Waals surface area contributed by atoms with E-state index < -0.39 is 0 Å². The largest absolute Gasteiger partial charge is 0.234 e. The van der Waals surface area contributed by atoms with Gasteiger partial charge in [-0.3, -0.25) is 0 Å². The Kier molecular flexibility index (Phi) is 2.03. The molecular weight excluding hydrogens is 210 g/mol. The Morgan fingerprint density at radius 3 is 2.47 bits per heavy atom. The molecule has 0 aromatic rings. The molecule has 0 aromatic heterocycles. The molecule has 0 aliphatic heterocycles. The number of halogens is 1. The van der Waals surface area contributed by atoms with Crippen LogP contribution in [0.5, 0.6) is 0 Å². The van der Waals surface area contributed by atoms with E-state index in [1.54, 1.807) is 6.08 Å². The molecule has 0 N–H and O–H groups in total. The summed E-state index contributed by atoms with van der Waals surface area (Å²) < 4.78 is 0. The summed E-state index contributed by atoms with van der Waals surface area (Å²) in [4.78, 5) is 14.1. The van der Waals surface area contributed by atoms with Crippen LogP contribution in [0.1, 0.15) is 38.5 Å². The Labute approximate surface area is 95.1 Å². The van der Waals surface area contributed by atoms with Crippen molar-refractivity contribution >= 4 is 17.7 Å². The lowest BCUT2D eigenvalue weighted by molar-refractivity contribution is -0.0337. The first kappa shape index (κ1) is 9.86. The minimum absolute atomic E-state index is 0.0441. The molecule has 3 heteroatoms. The number of nitrogens with zero attached hydrogens (tertiary/aromatic N) is 1. The molecule has 0 aromatic carbocycles. The van der Waals surface area contributed by atoms with Crippen LogP contribution in [0.4, 0.5) is 0 Å². The van der Waals surface area contributed by atoms with Gasteiger partial charge in [-0.2, -0.15) is 0 Å². The van der Waals surface area contributed by atoms with E-state index in [1.807, 2.05) is 0 Å². The normalized spacial score (nSPS) is 51.5. The second-order valence-electron chi connectivity index (χ2n) is 6.02. The molecule has 2 nitrogen and oxygen atoms in total. The Bertz CT molecular complexity index is 321. The lowest BCUT2D eigenvalue weighted by atomic mass is 9.49. The molecule has 0 spiro atoms. The molecule has 4 fully saturated rings. The highest BCUT2D eigenvalue weighted by atomic mass is 35.5. The lowest BCUT2D eigenvalue weighted by Gasteiger charge is -2.59. The molecule has 0 amide bonds. The van der Waals surface area contributed by atoms with Gasteiger partial charge in [-0.1, -0.05) is 0 Å². The van der Waals surface area contributed by atoms with Crippen molar-refractivity contribution in [2.45, 2.75) is 43.4 Å². The van der Waals surface area contributed by atoms with E-state index in [2.05, 4.69) is 4.99 Å². The first-order valence-corrected chi connectivity index (χ1v) is 6.24. The van der Waals surface area contributed by atoms with E-state index in [-0.39, 0.29) is 10.3 Å². The first-order chi connectivity index (χ1) is 7.13. The van der Waals surface area contributed by atoms with E-state index in [9.17, 15) is 4.79 Å². The van der Waals surface area contributed by atoms with E-state index in [0.29, 0.717) is 6.54 Å². The summed E-state index contributed by atoms with van der Waals surface area (Å²) in [6, 6.07) is 0. The van der Waals surface area contributed by atoms with Crippen LogP contribution in [0.3, 0.4) is 0 Å². The molecule has 4 aliphatic carbocycles. The van der Waals surface area contributed by atoms with Gasteiger partial charge in [0.1, 0.15) is 0 Å². The van der Waals surface area contributed by atoms with Gasteiger partial charge in [-0.05, 0) is 55.8 Å². The third kappa shape index (κ3) is 1.55. The van der Waals surface area contributed by atoms with Crippen molar-refractivity contribution in [1.82, 2.24) is 0 Å². The minimum atomic E-state index is 0.0441. The summed E-state index contributed by atoms with van der Waals surface area (Å²) in [5.74, 6) is 1.59. The van der Waals surface area contributed by atoms with Crippen LogP contribution < -0.4 is 0 Å². The highest BCUT2D eigenvalue weighted by Crippen LogP contribution is 2.63. The monoisotopic (exact) mass is 225 g/mol. The zero-order valence-corrected chi connectivity index (χ0v) is 9.59. The number of rotatable bonds is 2. The molecule has 0 radical (unpaired) electrons. The number of alkyl halides is 1. The fourth-order valence-electron chi connectivity index (χ4n) is 4.72. The minimum Gasteiger partial charge on any atom is -0.211 e. The zero-order chi connectivity index (χ0) is 10.5. The lowest BCUT2D eigenvalue weighted by Crippen LogP contribution is -2.54. The third-order valence-electron chi connectivity index (χ3n) is 4.59. The Hall–Kier alpha value is -0.330. The second kappa shape index (κ2) is 3.09. The standard InChI is InChI=1S/C12H16ClNO/c13-12-4-9-1-10(5-12)3-11(2-9,6-12)7-14-8-15/h9-10H,1-7H2. The van der Waals surface area contributed by atoms with Crippen molar-refractivity contribution in [3.8, 4) is 0 Å². The van der Waals surface area contributed by atoms with Gasteiger partial charge in [0.05, 0.1) is 6.54 Å². The topological polar surface area (TPSA) is 29.4 Å². The molecule has 0 heterocycles. The van der Waals surface area contributed by atoms with Crippen molar-refractivity contribution in [3.63, 3.8) is 0 Å². The summed E-state index contributed by atoms with van der Waals surface area (Å²) in [6.07, 6.45) is 8.98. The average molecular weight is 226 g/mol. The van der Waals surface area contributed by atoms with E-state index in [1.165, 1.54) is 32.1 Å². The Morgan fingerprint density at radius 2 is 1.93 bits per heavy atom. The van der Waals surface area contributed by atoms with Crippen molar-refractivity contribution < 1.29 is 4.79 Å². The maximum absolute atomic E-state index is 10.3. The van der Waals surface area contributed by atoms with Gasteiger partial charge in [0.25, 0.3) is 0 Å². The van der Waals surface area contributed by atoms with Crippen LogP contribution in [0.2, 0.25) is 0 Å². The van der Waals surface area contributed by atoms with Gasteiger partial charge in [0.2, 0.25) is 6.08 Å². The summed E-state index contributed by atoms with van der Waals surface area (Å²) >= 11 is 6.66. The molecule has 4 rings (SSSR count). The molecule has 0 saturated heterocycles. The average Bonchev–Trinajstić information content (AvgIpc) is 2.10. The quantitative estimate of drug-likeness (QED) is 0.404. The number of carbonyl (C=O) groups excluding carboxylic acids is 1. The molecule has 4 saturated carbocycles. The fourth-order valence-corrected chi connectivity index (χ4v) is 5.44. The summed E-state index contributed by atoms with van der Waals surface area (Å²) in [5.41, 5.74) is 0.253. The number of hydrogen-bond acceptors (Lipinski definition) is 2. The van der Waals surface area contributed by atoms with Gasteiger partial charge in [-0.15, -0.1) is 11.6 Å². The number of aliphatic imine (C=N–C) groups is 1. The van der Waals surface area contributed by atoms with Gasteiger partial charge in [0, 0.05) is 4.87 Å². The van der Waals surface area contributed by atoms with Crippen LogP contribution in [0, 0.1) is 17.3 Å². The second-order valence-corrected chi connectivity index (χ2v) is 6.82. The molecular formula is C12H16ClNO. The van der Waals surface area contributed by atoms with Gasteiger partial charge in [-0.25, -0.2) is 9.79 Å². The SMILES string of the molecule is O=C=NCC12CC3CC(CC(Cl)(C3)C1)C2. The highest BCUT2D eigenvalue weighted by molar-refractivity contribution is 6.24. The predicted octanol–water partition coefficient (Wildman–Crippen LogP) is 2.90. The molecule has 2 atom stereocenters. The summed E-state index contributed by atoms with van der Waals surface area (Å²) in [5, 5.41) is 0. The van der Waals surface area contributed by atoms with E-state index in [4.69, 9.17) is 11.6 Å². The molecule has 2 unspecified atom stereocenters. The molecule has 4 aliphatic rings. The van der Waals surface area contributed by atoms with Crippen molar-refractivity contribution in [2.75, 3.05) is 6.54 Å². The third-order valence-corrected chi connectivity index (χ3v) is 5.03. The Balaban J connectivity index is 1.89. The predicted molar refractivity (Wildman–Crippen MR) is 58.7 cm³/mol. The zero-order valence-electron chi connectivity index (χ0n) is 8.84. The summed E-state index contributed by atoms with van der Waals surface area (Å²) in [6.45, 7) is 0.665. The van der Waals surface area contributed by atoms with Gasteiger partial charge in [0.15, 0.2) is 0 Å². The van der Waals surface area contributed by atoms with Gasteiger partial charge >= 0.3 is 0 Å². The van der Waals surface area contributed by atoms with Gasteiger partial charge < -0.3 is 0 Å².